The van der Waals surface area contributed by atoms with Crippen molar-refractivity contribution in [1.82, 2.24) is 0 Å². The lowest BCUT2D eigenvalue weighted by Gasteiger charge is -2.08. The molecular weight excluding hydrogens is 268 g/mol. The van der Waals surface area contributed by atoms with Crippen molar-refractivity contribution < 1.29 is 19.4 Å². The van der Waals surface area contributed by atoms with Gasteiger partial charge in [-0.05, 0) is 23.8 Å². The average molecular weight is 284 g/mol. The first-order valence-electron chi connectivity index (χ1n) is 6.74. The van der Waals surface area contributed by atoms with Crippen molar-refractivity contribution in [2.45, 2.75) is 19.8 Å². The molecule has 0 saturated carbocycles. The largest absolute Gasteiger partial charge is 0.488 e. The summed E-state index contributed by atoms with van der Waals surface area (Å²) in [5.41, 5.74) is 2.31. The first-order chi connectivity index (χ1) is 10.3. The Kier molecular flexibility index (Phi) is 3.90. The van der Waals surface area contributed by atoms with Crippen LogP contribution >= 0.6 is 0 Å². The zero-order valence-electron chi connectivity index (χ0n) is 11.5. The fraction of sp³-hybridized carbons (Fsp3) is 0.176. The van der Waals surface area contributed by atoms with E-state index in [9.17, 15) is 10.2 Å². The molecule has 4 heteroatoms. The zero-order valence-corrected chi connectivity index (χ0v) is 11.5. The van der Waals surface area contributed by atoms with Gasteiger partial charge in [-0.15, -0.1) is 0 Å². The number of furan rings is 1. The van der Waals surface area contributed by atoms with Crippen molar-refractivity contribution in [2.75, 3.05) is 0 Å². The molecule has 0 atom stereocenters. The first kappa shape index (κ1) is 13.7. The van der Waals surface area contributed by atoms with Gasteiger partial charge in [-0.3, -0.25) is 0 Å². The summed E-state index contributed by atoms with van der Waals surface area (Å²) < 4.78 is 11.4. The smallest absolute Gasteiger partial charge is 0.143 e. The minimum absolute atomic E-state index is 0.117. The predicted molar refractivity (Wildman–Crippen MR) is 78.8 cm³/mol. The average Bonchev–Trinajstić information content (AvgIpc) is 2.98. The fourth-order valence-electron chi connectivity index (χ4n) is 2.27. The van der Waals surface area contributed by atoms with E-state index in [1.54, 1.807) is 12.1 Å². The van der Waals surface area contributed by atoms with E-state index in [0.717, 1.165) is 10.9 Å². The van der Waals surface area contributed by atoms with Crippen LogP contribution in [-0.2, 0) is 19.8 Å². The number of aliphatic hydroxyl groups is 2. The van der Waals surface area contributed by atoms with Crippen molar-refractivity contribution in [2.24, 2.45) is 0 Å². The summed E-state index contributed by atoms with van der Waals surface area (Å²) in [6, 6.07) is 15.2. The molecule has 21 heavy (non-hydrogen) atoms. The quantitative estimate of drug-likeness (QED) is 0.756. The van der Waals surface area contributed by atoms with Crippen molar-refractivity contribution >= 4 is 11.0 Å². The Balaban J connectivity index is 1.93. The normalized spacial score (nSPS) is 11.0. The topological polar surface area (TPSA) is 62.8 Å². The maximum Gasteiger partial charge on any atom is 0.143 e. The van der Waals surface area contributed by atoms with Crippen LogP contribution in [0.5, 0.6) is 5.75 Å². The molecule has 0 radical (unpaired) electrons. The molecule has 2 aromatic carbocycles. The van der Waals surface area contributed by atoms with Crippen molar-refractivity contribution in [1.29, 1.82) is 0 Å². The van der Waals surface area contributed by atoms with Crippen molar-refractivity contribution in [3.63, 3.8) is 0 Å². The van der Waals surface area contributed by atoms with Crippen molar-refractivity contribution in [3.05, 3.63) is 65.4 Å². The SMILES string of the molecule is OCc1cc2c(OCc3ccccc3)ccc(CO)c2o1. The second-order valence-corrected chi connectivity index (χ2v) is 4.77. The van der Waals surface area contributed by atoms with E-state index >= 15 is 0 Å². The molecule has 3 rings (SSSR count). The summed E-state index contributed by atoms with van der Waals surface area (Å²) in [7, 11) is 0. The lowest BCUT2D eigenvalue weighted by molar-refractivity contribution is 0.249. The molecule has 1 aromatic heterocycles. The molecule has 2 N–H and O–H groups in total. The summed E-state index contributed by atoms with van der Waals surface area (Å²) in [5.74, 6) is 1.13. The third kappa shape index (κ3) is 2.77. The van der Waals surface area contributed by atoms with E-state index in [4.69, 9.17) is 9.15 Å². The van der Waals surface area contributed by atoms with Crippen LogP contribution in [0, 0.1) is 0 Å². The number of fused-ring (bicyclic) bond motifs is 1. The fourth-order valence-corrected chi connectivity index (χ4v) is 2.27. The Morgan fingerprint density at radius 3 is 2.48 bits per heavy atom. The number of aliphatic hydroxyl groups excluding tert-OH is 2. The maximum absolute atomic E-state index is 9.35. The van der Waals surface area contributed by atoms with E-state index in [-0.39, 0.29) is 13.2 Å². The van der Waals surface area contributed by atoms with Crippen LogP contribution in [0.3, 0.4) is 0 Å². The van der Waals surface area contributed by atoms with Crippen LogP contribution < -0.4 is 4.74 Å². The Morgan fingerprint density at radius 1 is 0.952 bits per heavy atom. The molecule has 0 spiro atoms. The van der Waals surface area contributed by atoms with E-state index in [1.165, 1.54) is 0 Å². The van der Waals surface area contributed by atoms with Gasteiger partial charge < -0.3 is 19.4 Å². The second kappa shape index (κ2) is 5.99. The van der Waals surface area contributed by atoms with Crippen LogP contribution in [0.1, 0.15) is 16.9 Å². The van der Waals surface area contributed by atoms with E-state index in [0.29, 0.717) is 29.3 Å². The van der Waals surface area contributed by atoms with Gasteiger partial charge in [0.2, 0.25) is 0 Å². The summed E-state index contributed by atoms with van der Waals surface area (Å²) in [4.78, 5) is 0. The molecule has 108 valence electrons. The molecule has 1 heterocycles. The number of hydrogen-bond acceptors (Lipinski definition) is 4. The van der Waals surface area contributed by atoms with E-state index in [1.807, 2.05) is 36.4 Å². The van der Waals surface area contributed by atoms with Gasteiger partial charge in [-0.1, -0.05) is 30.3 Å². The highest BCUT2D eigenvalue weighted by atomic mass is 16.5. The number of benzene rings is 2. The second-order valence-electron chi connectivity index (χ2n) is 4.77. The Morgan fingerprint density at radius 2 is 1.76 bits per heavy atom. The zero-order chi connectivity index (χ0) is 14.7. The molecule has 0 aliphatic rings. The minimum Gasteiger partial charge on any atom is -0.488 e. The lowest BCUT2D eigenvalue weighted by Crippen LogP contribution is -1.96. The minimum atomic E-state index is -0.183. The van der Waals surface area contributed by atoms with Gasteiger partial charge in [-0.25, -0.2) is 0 Å². The van der Waals surface area contributed by atoms with Gasteiger partial charge in [0.15, 0.2) is 0 Å². The molecule has 3 aromatic rings. The van der Waals surface area contributed by atoms with Gasteiger partial charge in [0.05, 0.1) is 12.0 Å². The molecule has 0 aliphatic heterocycles. The lowest BCUT2D eigenvalue weighted by atomic mass is 10.1. The van der Waals surface area contributed by atoms with Gasteiger partial charge in [0, 0.05) is 5.56 Å². The summed E-state index contributed by atoms with van der Waals surface area (Å²) in [6.07, 6.45) is 0. The molecule has 0 saturated heterocycles. The van der Waals surface area contributed by atoms with Crippen LogP contribution in [0.25, 0.3) is 11.0 Å². The monoisotopic (exact) mass is 284 g/mol. The Labute approximate surface area is 122 Å². The third-order valence-electron chi connectivity index (χ3n) is 3.34. The molecule has 0 unspecified atom stereocenters. The Hall–Kier alpha value is -2.30. The maximum atomic E-state index is 9.35. The highest BCUT2D eigenvalue weighted by Crippen LogP contribution is 2.32. The predicted octanol–water partition coefficient (Wildman–Crippen LogP) is 3.00. The number of ether oxygens (including phenoxy) is 1. The standard InChI is InChI=1S/C17H16O4/c18-9-13-6-7-16(15-8-14(10-19)21-17(13)15)20-11-12-4-2-1-3-5-12/h1-8,18-19H,9-11H2. The molecule has 4 nitrogen and oxygen atoms in total. The van der Waals surface area contributed by atoms with Crippen LogP contribution in [-0.4, -0.2) is 10.2 Å². The molecule has 0 bridgehead atoms. The number of rotatable bonds is 5. The summed E-state index contributed by atoms with van der Waals surface area (Å²) in [5, 5.41) is 19.3. The van der Waals surface area contributed by atoms with Crippen LogP contribution in [0.15, 0.2) is 52.9 Å². The van der Waals surface area contributed by atoms with Crippen molar-refractivity contribution in [3.8, 4) is 5.75 Å². The molecule has 0 fully saturated rings. The van der Waals surface area contributed by atoms with E-state index in [2.05, 4.69) is 0 Å². The Bertz CT molecular complexity index is 731. The van der Waals surface area contributed by atoms with Gasteiger partial charge in [0.1, 0.15) is 30.3 Å². The van der Waals surface area contributed by atoms with Gasteiger partial charge in [0.25, 0.3) is 0 Å². The third-order valence-corrected chi connectivity index (χ3v) is 3.34. The van der Waals surface area contributed by atoms with Gasteiger partial charge in [-0.2, -0.15) is 0 Å². The number of hydrogen-bond donors (Lipinski definition) is 2. The van der Waals surface area contributed by atoms with Crippen LogP contribution in [0.2, 0.25) is 0 Å². The van der Waals surface area contributed by atoms with Gasteiger partial charge >= 0.3 is 0 Å². The molecule has 0 aliphatic carbocycles. The highest BCUT2D eigenvalue weighted by molar-refractivity contribution is 5.87. The summed E-state index contributed by atoms with van der Waals surface area (Å²) >= 11 is 0. The summed E-state index contributed by atoms with van der Waals surface area (Å²) in [6.45, 7) is 0.152. The van der Waals surface area contributed by atoms with Crippen LogP contribution in [0.4, 0.5) is 0 Å². The molecular formula is C17H16O4. The van der Waals surface area contributed by atoms with E-state index < -0.39 is 0 Å². The highest BCUT2D eigenvalue weighted by Gasteiger charge is 2.12. The first-order valence-corrected chi connectivity index (χ1v) is 6.74. The molecule has 0 amide bonds.